The van der Waals surface area contributed by atoms with Crippen LogP contribution in [0.25, 0.3) is 0 Å². The molecule has 1 aromatic rings. The van der Waals surface area contributed by atoms with Crippen molar-refractivity contribution in [2.24, 2.45) is 11.7 Å². The smallest absolute Gasteiger partial charge is 0.124 e. The lowest BCUT2D eigenvalue weighted by molar-refractivity contribution is 0.0205. The number of benzene rings is 1. The van der Waals surface area contributed by atoms with E-state index in [0.29, 0.717) is 0 Å². The van der Waals surface area contributed by atoms with Gasteiger partial charge < -0.3 is 10.5 Å². The first-order chi connectivity index (χ1) is 9.08. The lowest BCUT2D eigenvalue weighted by atomic mass is 9.82. The summed E-state index contributed by atoms with van der Waals surface area (Å²) in [5.74, 6) is 1.86. The van der Waals surface area contributed by atoms with Crippen LogP contribution >= 0.6 is 0 Å². The number of fused-ring (bicyclic) bond motifs is 1. The van der Waals surface area contributed by atoms with Gasteiger partial charge in [-0.25, -0.2) is 0 Å². The van der Waals surface area contributed by atoms with Crippen LogP contribution in [0, 0.1) is 12.8 Å². The molecule has 3 atom stereocenters. The number of hydrogen-bond acceptors (Lipinski definition) is 2. The standard InChI is InChI=1S/C17H25NO/c1-12-4-3-8-17(9-7-12)11-15(18)14-10-13(2)5-6-16(14)19-17/h5-6,10,12,15H,3-4,7-9,11,18H2,1-2H3/t12?,15-,17?/m0/s1. The van der Waals surface area contributed by atoms with Crippen LogP contribution in [0.15, 0.2) is 18.2 Å². The number of hydrogen-bond donors (Lipinski definition) is 1. The van der Waals surface area contributed by atoms with Crippen LogP contribution in [0.4, 0.5) is 0 Å². The van der Waals surface area contributed by atoms with Gasteiger partial charge in [-0.15, -0.1) is 0 Å². The van der Waals surface area contributed by atoms with Crippen LogP contribution in [0.5, 0.6) is 5.75 Å². The predicted molar refractivity (Wildman–Crippen MR) is 78.3 cm³/mol. The highest BCUT2D eigenvalue weighted by atomic mass is 16.5. The zero-order chi connectivity index (χ0) is 13.5. The highest BCUT2D eigenvalue weighted by Crippen LogP contribution is 2.45. The molecule has 0 radical (unpaired) electrons. The second kappa shape index (κ2) is 4.82. The number of rotatable bonds is 0. The van der Waals surface area contributed by atoms with Crippen molar-refractivity contribution in [2.45, 2.75) is 64.0 Å². The third-order valence-corrected chi connectivity index (χ3v) is 4.91. The first-order valence-corrected chi connectivity index (χ1v) is 7.63. The Labute approximate surface area is 116 Å². The quantitative estimate of drug-likeness (QED) is 0.760. The zero-order valence-corrected chi connectivity index (χ0v) is 12.1. The maximum Gasteiger partial charge on any atom is 0.124 e. The SMILES string of the molecule is Cc1ccc2c(c1)[C@@H](N)CC1(CCCC(C)CC1)O2. The summed E-state index contributed by atoms with van der Waals surface area (Å²) in [6, 6.07) is 6.56. The van der Waals surface area contributed by atoms with Crippen LogP contribution in [0.2, 0.25) is 0 Å². The summed E-state index contributed by atoms with van der Waals surface area (Å²) in [5.41, 5.74) is 8.90. The fraction of sp³-hybridized carbons (Fsp3) is 0.647. The molecular weight excluding hydrogens is 234 g/mol. The molecule has 0 aromatic heterocycles. The topological polar surface area (TPSA) is 35.2 Å². The summed E-state index contributed by atoms with van der Waals surface area (Å²) in [5, 5.41) is 0. The fourth-order valence-corrected chi connectivity index (χ4v) is 3.69. The molecule has 104 valence electrons. The highest BCUT2D eigenvalue weighted by molar-refractivity contribution is 5.41. The Hall–Kier alpha value is -1.02. The molecule has 0 amide bonds. The van der Waals surface area contributed by atoms with Gasteiger partial charge in [-0.3, -0.25) is 0 Å². The van der Waals surface area contributed by atoms with Gasteiger partial charge in [-0.2, -0.15) is 0 Å². The fourth-order valence-electron chi connectivity index (χ4n) is 3.69. The van der Waals surface area contributed by atoms with E-state index >= 15 is 0 Å². The zero-order valence-electron chi connectivity index (χ0n) is 12.1. The van der Waals surface area contributed by atoms with Crippen molar-refractivity contribution >= 4 is 0 Å². The van der Waals surface area contributed by atoms with Gasteiger partial charge in [0.15, 0.2) is 0 Å². The van der Waals surface area contributed by atoms with Crippen molar-refractivity contribution in [3.63, 3.8) is 0 Å². The molecular formula is C17H25NO. The van der Waals surface area contributed by atoms with E-state index in [1.54, 1.807) is 0 Å². The van der Waals surface area contributed by atoms with Crippen molar-refractivity contribution in [1.82, 2.24) is 0 Å². The van der Waals surface area contributed by atoms with Crippen LogP contribution < -0.4 is 10.5 Å². The molecule has 2 aliphatic rings. The van der Waals surface area contributed by atoms with Crippen LogP contribution in [0.3, 0.4) is 0 Å². The maximum atomic E-state index is 6.43. The van der Waals surface area contributed by atoms with Crippen LogP contribution in [-0.2, 0) is 0 Å². The predicted octanol–water partition coefficient (Wildman–Crippen LogP) is 4.12. The number of ether oxygens (including phenoxy) is 1. The second-order valence-electron chi connectivity index (χ2n) is 6.67. The summed E-state index contributed by atoms with van der Waals surface area (Å²) >= 11 is 0. The van der Waals surface area contributed by atoms with Gasteiger partial charge >= 0.3 is 0 Å². The van der Waals surface area contributed by atoms with Crippen molar-refractivity contribution in [3.05, 3.63) is 29.3 Å². The van der Waals surface area contributed by atoms with E-state index < -0.39 is 0 Å². The van der Waals surface area contributed by atoms with Gasteiger partial charge in [-0.1, -0.05) is 31.0 Å². The first-order valence-electron chi connectivity index (χ1n) is 7.63. The molecule has 1 heterocycles. The van der Waals surface area contributed by atoms with Gasteiger partial charge in [-0.05, 0) is 44.6 Å². The van der Waals surface area contributed by atoms with Crippen molar-refractivity contribution in [2.75, 3.05) is 0 Å². The Balaban J connectivity index is 1.89. The lowest BCUT2D eigenvalue weighted by Gasteiger charge is -2.41. The minimum Gasteiger partial charge on any atom is -0.487 e. The Morgan fingerprint density at radius 3 is 2.95 bits per heavy atom. The van der Waals surface area contributed by atoms with Crippen molar-refractivity contribution in [3.8, 4) is 5.75 Å². The lowest BCUT2D eigenvalue weighted by Crippen LogP contribution is -2.42. The Morgan fingerprint density at radius 1 is 1.26 bits per heavy atom. The average Bonchev–Trinajstić information content (AvgIpc) is 2.54. The molecule has 1 fully saturated rings. The third kappa shape index (κ3) is 2.51. The largest absolute Gasteiger partial charge is 0.487 e. The summed E-state index contributed by atoms with van der Waals surface area (Å²) in [7, 11) is 0. The summed E-state index contributed by atoms with van der Waals surface area (Å²) in [6.45, 7) is 4.48. The van der Waals surface area contributed by atoms with Crippen molar-refractivity contribution < 1.29 is 4.74 Å². The highest BCUT2D eigenvalue weighted by Gasteiger charge is 2.40. The molecule has 1 spiro atoms. The van der Waals surface area contributed by atoms with Crippen molar-refractivity contribution in [1.29, 1.82) is 0 Å². The Bertz CT molecular complexity index is 470. The summed E-state index contributed by atoms with van der Waals surface area (Å²) in [6.07, 6.45) is 7.19. The molecule has 0 saturated heterocycles. The monoisotopic (exact) mass is 259 g/mol. The van der Waals surface area contributed by atoms with E-state index in [1.807, 2.05) is 0 Å². The molecule has 1 saturated carbocycles. The average molecular weight is 259 g/mol. The normalized spacial score (nSPS) is 34.5. The molecule has 2 N–H and O–H groups in total. The van der Waals surface area contributed by atoms with Gasteiger partial charge in [0.25, 0.3) is 0 Å². The van der Waals surface area contributed by atoms with Gasteiger partial charge in [0.2, 0.25) is 0 Å². The number of aryl methyl sites for hydroxylation is 1. The Morgan fingerprint density at radius 2 is 2.11 bits per heavy atom. The van der Waals surface area contributed by atoms with E-state index in [4.69, 9.17) is 10.5 Å². The van der Waals surface area contributed by atoms with Crippen LogP contribution in [-0.4, -0.2) is 5.60 Å². The van der Waals surface area contributed by atoms with E-state index in [0.717, 1.165) is 24.5 Å². The maximum absolute atomic E-state index is 6.43. The first kappa shape index (κ1) is 13.0. The molecule has 1 aliphatic heterocycles. The van der Waals surface area contributed by atoms with E-state index in [2.05, 4.69) is 32.0 Å². The Kier molecular flexibility index (Phi) is 3.30. The van der Waals surface area contributed by atoms with Gasteiger partial charge in [0.05, 0.1) is 0 Å². The molecule has 2 nitrogen and oxygen atoms in total. The molecule has 2 heteroatoms. The second-order valence-corrected chi connectivity index (χ2v) is 6.67. The summed E-state index contributed by atoms with van der Waals surface area (Å²) in [4.78, 5) is 0. The van der Waals surface area contributed by atoms with E-state index in [9.17, 15) is 0 Å². The third-order valence-electron chi connectivity index (χ3n) is 4.91. The molecule has 0 bridgehead atoms. The summed E-state index contributed by atoms with van der Waals surface area (Å²) < 4.78 is 6.43. The van der Waals surface area contributed by atoms with Gasteiger partial charge in [0, 0.05) is 18.0 Å². The van der Waals surface area contributed by atoms with Gasteiger partial charge in [0.1, 0.15) is 11.4 Å². The molecule has 1 aliphatic carbocycles. The van der Waals surface area contributed by atoms with E-state index in [1.165, 1.54) is 36.8 Å². The van der Waals surface area contributed by atoms with Crippen LogP contribution in [0.1, 0.15) is 62.6 Å². The molecule has 3 rings (SSSR count). The minimum atomic E-state index is 0.00638. The molecule has 2 unspecified atom stereocenters. The molecule has 19 heavy (non-hydrogen) atoms. The minimum absolute atomic E-state index is 0.00638. The van der Waals surface area contributed by atoms with E-state index in [-0.39, 0.29) is 11.6 Å². The molecule has 1 aromatic carbocycles. The number of nitrogens with two attached hydrogens (primary N) is 1.